The summed E-state index contributed by atoms with van der Waals surface area (Å²) in [5.74, 6) is 1.84. The molecular weight excluding hydrogens is 314 g/mol. The standard InChI is InChI=1S/C17H20ClN3O2/c1-3-23-16-10-13(18)5-4-12(16)11-20-17(19)21-14-6-8-15(22-2)9-7-14/h4-10H,3,11H2,1-2H3,(H3,19,20,21). The Bertz CT molecular complexity index is 672. The van der Waals surface area contributed by atoms with E-state index in [9.17, 15) is 0 Å². The summed E-state index contributed by atoms with van der Waals surface area (Å²) < 4.78 is 10.7. The zero-order chi connectivity index (χ0) is 16.7. The van der Waals surface area contributed by atoms with Gasteiger partial charge in [0.05, 0.1) is 20.3 Å². The Morgan fingerprint density at radius 2 is 1.96 bits per heavy atom. The van der Waals surface area contributed by atoms with Crippen molar-refractivity contribution in [3.05, 3.63) is 53.1 Å². The third-order valence-corrected chi connectivity index (χ3v) is 3.35. The molecule has 0 aromatic heterocycles. The summed E-state index contributed by atoms with van der Waals surface area (Å²) in [7, 11) is 1.63. The van der Waals surface area contributed by atoms with Crippen LogP contribution < -0.4 is 20.5 Å². The number of methoxy groups -OCH3 is 1. The Morgan fingerprint density at radius 3 is 2.61 bits per heavy atom. The number of halogens is 1. The van der Waals surface area contributed by atoms with E-state index in [4.69, 9.17) is 26.8 Å². The molecule has 3 N–H and O–H groups in total. The van der Waals surface area contributed by atoms with Crippen LogP contribution in [0.4, 0.5) is 5.69 Å². The van der Waals surface area contributed by atoms with Crippen molar-refractivity contribution in [2.24, 2.45) is 10.7 Å². The first-order valence-electron chi connectivity index (χ1n) is 7.24. The largest absolute Gasteiger partial charge is 0.497 e. The molecule has 0 atom stereocenters. The van der Waals surface area contributed by atoms with Crippen molar-refractivity contribution >= 4 is 23.2 Å². The number of anilines is 1. The van der Waals surface area contributed by atoms with Crippen molar-refractivity contribution in [3.8, 4) is 11.5 Å². The first-order valence-corrected chi connectivity index (χ1v) is 7.62. The number of ether oxygens (including phenoxy) is 2. The topological polar surface area (TPSA) is 68.9 Å². The van der Waals surface area contributed by atoms with Crippen LogP contribution in [0.5, 0.6) is 11.5 Å². The minimum absolute atomic E-state index is 0.326. The smallest absolute Gasteiger partial charge is 0.193 e. The number of nitrogens with two attached hydrogens (primary N) is 1. The van der Waals surface area contributed by atoms with Gasteiger partial charge in [0.15, 0.2) is 5.96 Å². The fraction of sp³-hybridized carbons (Fsp3) is 0.235. The van der Waals surface area contributed by atoms with E-state index in [1.54, 1.807) is 13.2 Å². The van der Waals surface area contributed by atoms with E-state index in [2.05, 4.69) is 10.3 Å². The second kappa shape index (κ2) is 8.29. The molecule has 0 aliphatic rings. The van der Waals surface area contributed by atoms with E-state index in [0.717, 1.165) is 22.7 Å². The summed E-state index contributed by atoms with van der Waals surface area (Å²) in [6.07, 6.45) is 0. The molecule has 2 aromatic rings. The van der Waals surface area contributed by atoms with E-state index in [1.165, 1.54) is 0 Å². The molecule has 0 fully saturated rings. The van der Waals surface area contributed by atoms with Crippen molar-refractivity contribution in [1.29, 1.82) is 0 Å². The molecule has 0 aliphatic carbocycles. The van der Waals surface area contributed by atoms with E-state index >= 15 is 0 Å². The predicted molar refractivity (Wildman–Crippen MR) is 94.6 cm³/mol. The minimum Gasteiger partial charge on any atom is -0.497 e. The van der Waals surface area contributed by atoms with Gasteiger partial charge in [0.2, 0.25) is 0 Å². The highest BCUT2D eigenvalue weighted by atomic mass is 35.5. The molecule has 0 unspecified atom stereocenters. The van der Waals surface area contributed by atoms with Gasteiger partial charge in [-0.2, -0.15) is 0 Å². The van der Waals surface area contributed by atoms with Crippen LogP contribution in [0.25, 0.3) is 0 Å². The molecule has 0 aliphatic heterocycles. The molecule has 0 amide bonds. The summed E-state index contributed by atoms with van der Waals surface area (Å²) in [4.78, 5) is 4.33. The van der Waals surface area contributed by atoms with Gasteiger partial charge in [0.1, 0.15) is 11.5 Å². The number of guanidine groups is 1. The maximum atomic E-state index is 5.98. The van der Waals surface area contributed by atoms with Gasteiger partial charge in [-0.3, -0.25) is 0 Å². The summed E-state index contributed by atoms with van der Waals surface area (Å²) in [5, 5.41) is 3.66. The van der Waals surface area contributed by atoms with Crippen molar-refractivity contribution < 1.29 is 9.47 Å². The lowest BCUT2D eigenvalue weighted by Gasteiger charge is -2.10. The quantitative estimate of drug-likeness (QED) is 0.625. The van der Waals surface area contributed by atoms with Crippen LogP contribution >= 0.6 is 11.6 Å². The Hall–Kier alpha value is -2.40. The highest BCUT2D eigenvalue weighted by Crippen LogP contribution is 2.24. The maximum absolute atomic E-state index is 5.98. The number of hydrogen-bond acceptors (Lipinski definition) is 3. The predicted octanol–water partition coefficient (Wildman–Crippen LogP) is 3.67. The summed E-state index contributed by atoms with van der Waals surface area (Å²) >= 11 is 5.98. The Kier molecular flexibility index (Phi) is 6.11. The lowest BCUT2D eigenvalue weighted by atomic mass is 10.2. The first kappa shape index (κ1) is 17.0. The number of aliphatic imine (C=N–C) groups is 1. The molecule has 6 heteroatoms. The van der Waals surface area contributed by atoms with Crippen molar-refractivity contribution in [2.75, 3.05) is 19.0 Å². The molecule has 0 radical (unpaired) electrons. The highest BCUT2D eigenvalue weighted by Gasteiger charge is 2.04. The fourth-order valence-electron chi connectivity index (χ4n) is 1.98. The molecule has 122 valence electrons. The second-order valence-corrected chi connectivity index (χ2v) is 5.18. The zero-order valence-corrected chi connectivity index (χ0v) is 13.9. The molecule has 0 spiro atoms. The zero-order valence-electron chi connectivity index (χ0n) is 13.2. The Morgan fingerprint density at radius 1 is 1.22 bits per heavy atom. The number of nitrogens with one attached hydrogen (secondary N) is 1. The van der Waals surface area contributed by atoms with Crippen LogP contribution in [0, 0.1) is 0 Å². The fourth-order valence-corrected chi connectivity index (χ4v) is 2.14. The molecular formula is C17H20ClN3O2. The van der Waals surface area contributed by atoms with Crippen molar-refractivity contribution in [3.63, 3.8) is 0 Å². The number of benzene rings is 2. The molecule has 2 aromatic carbocycles. The summed E-state index contributed by atoms with van der Waals surface area (Å²) in [6.45, 7) is 2.89. The van der Waals surface area contributed by atoms with Crippen LogP contribution in [0.1, 0.15) is 12.5 Å². The van der Waals surface area contributed by atoms with Crippen molar-refractivity contribution in [2.45, 2.75) is 13.5 Å². The average Bonchev–Trinajstić information content (AvgIpc) is 2.55. The van der Waals surface area contributed by atoms with Gasteiger partial charge in [-0.25, -0.2) is 4.99 Å². The van der Waals surface area contributed by atoms with Gasteiger partial charge in [-0.15, -0.1) is 0 Å². The third-order valence-electron chi connectivity index (χ3n) is 3.11. The normalized spacial score (nSPS) is 11.2. The van der Waals surface area contributed by atoms with E-state index in [0.29, 0.717) is 24.1 Å². The molecule has 5 nitrogen and oxygen atoms in total. The highest BCUT2D eigenvalue weighted by molar-refractivity contribution is 6.30. The minimum atomic E-state index is 0.326. The van der Waals surface area contributed by atoms with E-state index in [1.807, 2.05) is 43.3 Å². The summed E-state index contributed by atoms with van der Waals surface area (Å²) in [5.41, 5.74) is 7.69. The van der Waals surface area contributed by atoms with Gasteiger partial charge in [0, 0.05) is 16.3 Å². The number of hydrogen-bond donors (Lipinski definition) is 2. The summed E-state index contributed by atoms with van der Waals surface area (Å²) in [6, 6.07) is 12.9. The average molecular weight is 334 g/mol. The monoisotopic (exact) mass is 333 g/mol. The van der Waals surface area contributed by atoms with Crippen LogP contribution in [-0.4, -0.2) is 19.7 Å². The van der Waals surface area contributed by atoms with Crippen LogP contribution in [0.15, 0.2) is 47.5 Å². The van der Waals surface area contributed by atoms with Gasteiger partial charge in [0.25, 0.3) is 0 Å². The van der Waals surface area contributed by atoms with E-state index < -0.39 is 0 Å². The molecule has 2 rings (SSSR count). The molecule has 23 heavy (non-hydrogen) atoms. The Balaban J connectivity index is 2.03. The lowest BCUT2D eigenvalue weighted by molar-refractivity contribution is 0.336. The second-order valence-electron chi connectivity index (χ2n) is 4.74. The van der Waals surface area contributed by atoms with Gasteiger partial charge < -0.3 is 20.5 Å². The maximum Gasteiger partial charge on any atom is 0.193 e. The van der Waals surface area contributed by atoms with Gasteiger partial charge in [-0.05, 0) is 43.3 Å². The molecule has 0 bridgehead atoms. The lowest BCUT2D eigenvalue weighted by Crippen LogP contribution is -2.22. The number of rotatable bonds is 6. The van der Waals surface area contributed by atoms with Crippen LogP contribution in [0.3, 0.4) is 0 Å². The van der Waals surface area contributed by atoms with Crippen molar-refractivity contribution in [1.82, 2.24) is 0 Å². The van der Waals surface area contributed by atoms with E-state index in [-0.39, 0.29) is 0 Å². The molecule has 0 saturated carbocycles. The SMILES string of the molecule is CCOc1cc(Cl)ccc1CN=C(N)Nc1ccc(OC)cc1. The third kappa shape index (κ3) is 5.07. The van der Waals surface area contributed by atoms with Gasteiger partial charge >= 0.3 is 0 Å². The molecule has 0 saturated heterocycles. The van der Waals surface area contributed by atoms with Gasteiger partial charge in [-0.1, -0.05) is 17.7 Å². The van der Waals surface area contributed by atoms with Crippen LogP contribution in [0.2, 0.25) is 5.02 Å². The van der Waals surface area contributed by atoms with Crippen LogP contribution in [-0.2, 0) is 6.54 Å². The number of nitrogens with zero attached hydrogens (tertiary/aromatic N) is 1. The molecule has 0 heterocycles. The Labute approximate surface area is 141 Å². The first-order chi connectivity index (χ1) is 11.1.